The lowest BCUT2D eigenvalue weighted by Crippen LogP contribution is -2.72. The summed E-state index contributed by atoms with van der Waals surface area (Å²) in [5.41, 5.74) is 5.13. The molecule has 0 aliphatic carbocycles. The summed E-state index contributed by atoms with van der Waals surface area (Å²) in [7, 11) is 1.82. The third-order valence-corrected chi connectivity index (χ3v) is 6.67. The monoisotopic (exact) mass is 413 g/mol. The molecule has 1 aromatic carbocycles. The van der Waals surface area contributed by atoms with Gasteiger partial charge < -0.3 is 9.80 Å². The number of nitrogens with one attached hydrogen (secondary N) is 1. The van der Waals surface area contributed by atoms with E-state index in [0.717, 1.165) is 60.8 Å². The maximum atomic E-state index is 12.3. The molecule has 8 heteroatoms. The molecule has 2 saturated heterocycles. The molecule has 29 heavy (non-hydrogen) atoms. The van der Waals surface area contributed by atoms with Crippen LogP contribution in [0, 0.1) is 5.41 Å². The van der Waals surface area contributed by atoms with Crippen molar-refractivity contribution in [2.24, 2.45) is 5.41 Å². The Balaban J connectivity index is 1.38. The summed E-state index contributed by atoms with van der Waals surface area (Å²) in [6.45, 7) is 6.14. The molecular formula is C21H24ClN5O2. The lowest BCUT2D eigenvalue weighted by atomic mass is 9.72. The van der Waals surface area contributed by atoms with Crippen molar-refractivity contribution in [1.82, 2.24) is 20.0 Å². The maximum absolute atomic E-state index is 12.3. The third-order valence-electron chi connectivity index (χ3n) is 6.46. The molecule has 2 amide bonds. The molecule has 2 aromatic rings. The average Bonchev–Trinajstić information content (AvgIpc) is 3.06. The summed E-state index contributed by atoms with van der Waals surface area (Å²) >= 11 is 6.40. The fourth-order valence-electron chi connectivity index (χ4n) is 5.07. The van der Waals surface area contributed by atoms with Crippen LogP contribution in [0.5, 0.6) is 0 Å². The molecule has 1 N–H and O–H groups in total. The Hall–Kier alpha value is -2.38. The van der Waals surface area contributed by atoms with E-state index in [4.69, 9.17) is 11.6 Å². The number of aromatic nitrogens is 2. The van der Waals surface area contributed by atoms with Crippen molar-refractivity contribution in [3.8, 4) is 11.3 Å². The fourth-order valence-corrected chi connectivity index (χ4v) is 5.31. The first-order chi connectivity index (χ1) is 13.8. The number of hydrogen-bond acceptors (Lipinski definition) is 4. The first-order valence-electron chi connectivity index (χ1n) is 9.95. The number of nitrogens with zero attached hydrogens (tertiary/aromatic N) is 4. The molecule has 0 unspecified atom stereocenters. The van der Waals surface area contributed by atoms with E-state index in [1.165, 1.54) is 0 Å². The van der Waals surface area contributed by atoms with Crippen LogP contribution in [0.1, 0.15) is 24.5 Å². The van der Waals surface area contributed by atoms with Crippen LogP contribution in [0.2, 0.25) is 5.02 Å². The van der Waals surface area contributed by atoms with E-state index >= 15 is 0 Å². The molecule has 3 aliphatic heterocycles. The van der Waals surface area contributed by atoms with Gasteiger partial charge in [0.15, 0.2) is 0 Å². The minimum Gasteiger partial charge on any atom is -0.341 e. The van der Waals surface area contributed by atoms with E-state index in [9.17, 15) is 9.59 Å². The van der Waals surface area contributed by atoms with Crippen LogP contribution in [0.3, 0.4) is 0 Å². The molecule has 152 valence electrons. The minimum absolute atomic E-state index is 0.114. The predicted octanol–water partition coefficient (Wildman–Crippen LogP) is 2.30. The van der Waals surface area contributed by atoms with Gasteiger partial charge in [-0.05, 0) is 24.1 Å². The quantitative estimate of drug-likeness (QED) is 0.838. The zero-order valence-corrected chi connectivity index (χ0v) is 17.4. The number of hydrogen-bond donors (Lipinski definition) is 1. The van der Waals surface area contributed by atoms with Crippen molar-refractivity contribution < 1.29 is 9.59 Å². The molecule has 1 spiro atoms. The van der Waals surface area contributed by atoms with Gasteiger partial charge in [-0.3, -0.25) is 19.6 Å². The third kappa shape index (κ3) is 3.04. The molecule has 0 radical (unpaired) electrons. The Bertz CT molecular complexity index is 1000. The topological polar surface area (TPSA) is 72.5 Å². The van der Waals surface area contributed by atoms with Gasteiger partial charge in [-0.15, -0.1) is 0 Å². The zero-order chi connectivity index (χ0) is 20.3. The molecule has 3 aliphatic rings. The highest BCUT2D eigenvalue weighted by molar-refractivity contribution is 6.31. The number of amides is 2. The van der Waals surface area contributed by atoms with Crippen LogP contribution in [-0.4, -0.2) is 65.0 Å². The van der Waals surface area contributed by atoms with Crippen LogP contribution >= 0.6 is 11.6 Å². The number of carbonyl (C=O) groups is 2. The van der Waals surface area contributed by atoms with Crippen molar-refractivity contribution in [1.29, 1.82) is 0 Å². The lowest BCUT2D eigenvalue weighted by Gasteiger charge is -2.60. The summed E-state index contributed by atoms with van der Waals surface area (Å²) in [5, 5.41) is 8.17. The summed E-state index contributed by atoms with van der Waals surface area (Å²) in [6, 6.07) is 3.86. The Labute approximate surface area is 174 Å². The molecule has 5 rings (SSSR count). The largest absolute Gasteiger partial charge is 0.341 e. The fraction of sp³-hybridized carbons (Fsp3) is 0.476. The smallest absolute Gasteiger partial charge is 0.227 e. The highest BCUT2D eigenvalue weighted by atomic mass is 35.5. The molecule has 0 bridgehead atoms. The van der Waals surface area contributed by atoms with Crippen LogP contribution in [0.4, 0.5) is 5.69 Å². The SMILES string of the molecule is CC(=O)N1CC2(CN(Cc3c[nH]nc3-c3cc(Cl)cc4c3N(C)C(=O)CC4)C2)C1. The van der Waals surface area contributed by atoms with Crippen LogP contribution in [0.15, 0.2) is 18.3 Å². The van der Waals surface area contributed by atoms with Crippen molar-refractivity contribution in [2.45, 2.75) is 26.3 Å². The molecular weight excluding hydrogens is 390 g/mol. The second-order valence-electron chi connectivity index (χ2n) is 8.69. The predicted molar refractivity (Wildman–Crippen MR) is 111 cm³/mol. The summed E-state index contributed by atoms with van der Waals surface area (Å²) < 4.78 is 0. The van der Waals surface area contributed by atoms with Crippen LogP contribution in [0.25, 0.3) is 11.3 Å². The number of rotatable bonds is 3. The number of fused-ring (bicyclic) bond motifs is 1. The minimum atomic E-state index is 0.114. The number of carbonyl (C=O) groups excluding carboxylic acids is 2. The number of aromatic amines is 1. The van der Waals surface area contributed by atoms with Crippen LogP contribution < -0.4 is 4.90 Å². The maximum Gasteiger partial charge on any atom is 0.227 e. The Kier molecular flexibility index (Phi) is 4.22. The van der Waals surface area contributed by atoms with Gasteiger partial charge in [-0.2, -0.15) is 5.10 Å². The first kappa shape index (κ1) is 18.6. The number of halogens is 1. The van der Waals surface area contributed by atoms with E-state index in [0.29, 0.717) is 17.9 Å². The normalized spacial score (nSPS) is 20.4. The van der Waals surface area contributed by atoms with Gasteiger partial charge >= 0.3 is 0 Å². The van der Waals surface area contributed by atoms with Crippen LogP contribution in [-0.2, 0) is 22.6 Å². The second kappa shape index (κ2) is 6.57. The molecule has 2 fully saturated rings. The summed E-state index contributed by atoms with van der Waals surface area (Å²) in [6.07, 6.45) is 3.14. The van der Waals surface area contributed by atoms with E-state index in [1.54, 1.807) is 11.8 Å². The molecule has 7 nitrogen and oxygen atoms in total. The Morgan fingerprint density at radius 3 is 2.72 bits per heavy atom. The number of aryl methyl sites for hydroxylation is 1. The summed E-state index contributed by atoms with van der Waals surface area (Å²) in [5.74, 6) is 0.276. The van der Waals surface area contributed by atoms with E-state index in [2.05, 4.69) is 15.1 Å². The van der Waals surface area contributed by atoms with Gasteiger partial charge in [-0.1, -0.05) is 11.6 Å². The van der Waals surface area contributed by atoms with Crippen molar-refractivity contribution >= 4 is 29.1 Å². The molecule has 1 aromatic heterocycles. The lowest BCUT2D eigenvalue weighted by molar-refractivity contribution is -0.157. The zero-order valence-electron chi connectivity index (χ0n) is 16.7. The molecule has 0 saturated carbocycles. The first-order valence-corrected chi connectivity index (χ1v) is 10.3. The number of likely N-dealkylation sites (tertiary alicyclic amines) is 2. The second-order valence-corrected chi connectivity index (χ2v) is 9.13. The molecule has 4 heterocycles. The standard InChI is InChI=1S/C21H24ClN5O2/c1-13(28)27-11-21(12-27)9-26(10-21)8-15-7-23-24-19(15)17-6-16(22)5-14-3-4-18(29)25(2)20(14)17/h5-7H,3-4,8-12H2,1-2H3,(H,23,24). The highest BCUT2D eigenvalue weighted by Crippen LogP contribution is 2.43. The number of H-pyrrole nitrogens is 1. The van der Waals surface area contributed by atoms with E-state index < -0.39 is 0 Å². The van der Waals surface area contributed by atoms with Gasteiger partial charge in [0.25, 0.3) is 0 Å². The van der Waals surface area contributed by atoms with Gasteiger partial charge in [-0.25, -0.2) is 0 Å². The number of benzene rings is 1. The highest BCUT2D eigenvalue weighted by Gasteiger charge is 2.52. The molecule has 0 atom stereocenters. The van der Waals surface area contributed by atoms with Crippen molar-refractivity contribution in [3.63, 3.8) is 0 Å². The van der Waals surface area contributed by atoms with E-state index in [-0.39, 0.29) is 17.2 Å². The Morgan fingerprint density at radius 1 is 1.24 bits per heavy atom. The van der Waals surface area contributed by atoms with Gasteiger partial charge in [0.1, 0.15) is 0 Å². The van der Waals surface area contributed by atoms with Gasteiger partial charge in [0.2, 0.25) is 11.8 Å². The van der Waals surface area contributed by atoms with Gasteiger partial charge in [0.05, 0.1) is 11.4 Å². The van der Waals surface area contributed by atoms with Crippen molar-refractivity contribution in [3.05, 3.63) is 34.5 Å². The number of anilines is 1. The average molecular weight is 414 g/mol. The van der Waals surface area contributed by atoms with Crippen molar-refractivity contribution in [2.75, 3.05) is 38.1 Å². The van der Waals surface area contributed by atoms with Gasteiger partial charge in [0, 0.05) is 80.9 Å². The van der Waals surface area contributed by atoms with E-state index in [1.807, 2.05) is 30.3 Å². The summed E-state index contributed by atoms with van der Waals surface area (Å²) in [4.78, 5) is 29.8. The Morgan fingerprint density at radius 2 is 2.00 bits per heavy atom.